The van der Waals surface area contributed by atoms with Gasteiger partial charge in [-0.2, -0.15) is 0 Å². The van der Waals surface area contributed by atoms with Gasteiger partial charge >= 0.3 is 0 Å². The molecule has 0 unspecified atom stereocenters. The van der Waals surface area contributed by atoms with Gasteiger partial charge in [-0.3, -0.25) is 9.59 Å². The highest BCUT2D eigenvalue weighted by atomic mass is 32.1. The molecule has 1 heterocycles. The van der Waals surface area contributed by atoms with E-state index in [1.807, 2.05) is 65.6 Å². The van der Waals surface area contributed by atoms with Crippen molar-refractivity contribution in [3.05, 3.63) is 93.7 Å². The highest BCUT2D eigenvalue weighted by Gasteiger charge is 2.22. The maximum absolute atomic E-state index is 13.4. The average molecular weight is 479 g/mol. The number of ether oxygens (including phenoxy) is 1. The molecule has 0 aliphatic heterocycles. The number of carbonyl (C=O) groups excluding carboxylic acids is 2. The zero-order valence-corrected chi connectivity index (χ0v) is 20.9. The number of hydrogen-bond acceptors (Lipinski definition) is 4. The Morgan fingerprint density at radius 3 is 2.12 bits per heavy atom. The average Bonchev–Trinajstić information content (AvgIpc) is 3.27. The lowest BCUT2D eigenvalue weighted by atomic mass is 10.2. The topological polar surface area (TPSA) is 49.9 Å². The molecule has 0 spiro atoms. The smallest absolute Gasteiger partial charge is 0.249 e. The molecule has 1 aromatic heterocycles. The van der Waals surface area contributed by atoms with Crippen LogP contribution in [0.15, 0.2) is 72.8 Å². The van der Waals surface area contributed by atoms with E-state index in [0.29, 0.717) is 26.2 Å². The standard InChI is InChI=1S/C28H34N2O3S/c1-3-4-17-29(28(32)22-33-21-25-13-9-6-10-14-25)20-27(31)30(18-24-11-7-5-8-12-24)19-26-16-15-23(2)34-26/h5-16H,3-4,17-22H2,1-2H3. The van der Waals surface area contributed by atoms with Crippen LogP contribution in [0.1, 0.15) is 40.6 Å². The molecule has 0 aliphatic rings. The van der Waals surface area contributed by atoms with Gasteiger partial charge < -0.3 is 14.5 Å². The van der Waals surface area contributed by atoms with E-state index in [4.69, 9.17) is 4.74 Å². The summed E-state index contributed by atoms with van der Waals surface area (Å²) in [7, 11) is 0. The first-order valence-corrected chi connectivity index (χ1v) is 12.6. The fourth-order valence-electron chi connectivity index (χ4n) is 3.62. The number of nitrogens with zero attached hydrogens (tertiary/aromatic N) is 2. The fourth-order valence-corrected chi connectivity index (χ4v) is 4.53. The molecule has 0 atom stereocenters. The van der Waals surface area contributed by atoms with Crippen LogP contribution in [-0.2, 0) is 34.0 Å². The third-order valence-electron chi connectivity index (χ3n) is 5.51. The number of thiophene rings is 1. The minimum absolute atomic E-state index is 0.0330. The van der Waals surface area contributed by atoms with E-state index in [9.17, 15) is 9.59 Å². The molecule has 3 rings (SSSR count). The second kappa shape index (κ2) is 13.7. The summed E-state index contributed by atoms with van der Waals surface area (Å²) in [4.78, 5) is 32.2. The first-order chi connectivity index (χ1) is 16.5. The molecule has 2 aromatic carbocycles. The van der Waals surface area contributed by atoms with Gasteiger partial charge in [-0.1, -0.05) is 74.0 Å². The zero-order chi connectivity index (χ0) is 24.2. The van der Waals surface area contributed by atoms with Gasteiger partial charge in [0.25, 0.3) is 0 Å². The zero-order valence-electron chi connectivity index (χ0n) is 20.1. The van der Waals surface area contributed by atoms with Crippen molar-refractivity contribution in [1.29, 1.82) is 0 Å². The van der Waals surface area contributed by atoms with Gasteiger partial charge in [0.05, 0.1) is 19.7 Å². The highest BCUT2D eigenvalue weighted by Crippen LogP contribution is 2.19. The van der Waals surface area contributed by atoms with E-state index in [2.05, 4.69) is 26.0 Å². The van der Waals surface area contributed by atoms with Crippen LogP contribution in [0.2, 0.25) is 0 Å². The Labute approximate surface area is 207 Å². The van der Waals surface area contributed by atoms with Crippen LogP contribution in [-0.4, -0.2) is 41.3 Å². The van der Waals surface area contributed by atoms with Gasteiger partial charge in [0.1, 0.15) is 6.61 Å². The van der Waals surface area contributed by atoms with Crippen molar-refractivity contribution in [2.75, 3.05) is 19.7 Å². The third kappa shape index (κ3) is 8.43. The van der Waals surface area contributed by atoms with Crippen LogP contribution in [0, 0.1) is 6.92 Å². The van der Waals surface area contributed by atoms with Gasteiger partial charge in [-0.25, -0.2) is 0 Å². The molecule has 34 heavy (non-hydrogen) atoms. The quantitative estimate of drug-likeness (QED) is 0.329. The van der Waals surface area contributed by atoms with Crippen LogP contribution in [0.4, 0.5) is 0 Å². The molecule has 0 radical (unpaired) electrons. The first kappa shape index (κ1) is 25.7. The lowest BCUT2D eigenvalue weighted by Gasteiger charge is -2.27. The summed E-state index contributed by atoms with van der Waals surface area (Å²) in [5.41, 5.74) is 2.09. The maximum Gasteiger partial charge on any atom is 0.249 e. The minimum atomic E-state index is -0.149. The lowest BCUT2D eigenvalue weighted by molar-refractivity contribution is -0.144. The largest absolute Gasteiger partial charge is 0.367 e. The van der Waals surface area contributed by atoms with Crippen LogP contribution in [0.3, 0.4) is 0 Å². The molecule has 0 N–H and O–H groups in total. The van der Waals surface area contributed by atoms with Gasteiger partial charge in [-0.05, 0) is 36.6 Å². The summed E-state index contributed by atoms with van der Waals surface area (Å²) in [6.45, 7) is 6.14. The molecule has 3 aromatic rings. The number of rotatable bonds is 13. The Balaban J connectivity index is 1.65. The molecule has 0 aliphatic carbocycles. The van der Waals surface area contributed by atoms with Crippen molar-refractivity contribution in [3.8, 4) is 0 Å². The van der Waals surface area contributed by atoms with E-state index < -0.39 is 0 Å². The highest BCUT2D eigenvalue weighted by molar-refractivity contribution is 7.11. The first-order valence-electron chi connectivity index (χ1n) is 11.8. The van der Waals surface area contributed by atoms with E-state index in [1.54, 1.807) is 16.2 Å². The van der Waals surface area contributed by atoms with E-state index in [0.717, 1.165) is 28.8 Å². The van der Waals surface area contributed by atoms with E-state index >= 15 is 0 Å². The van der Waals surface area contributed by atoms with Crippen molar-refractivity contribution >= 4 is 23.2 Å². The molecule has 0 bridgehead atoms. The number of amides is 2. The molecular formula is C28H34N2O3S. The summed E-state index contributed by atoms with van der Waals surface area (Å²) in [5.74, 6) is -0.202. The molecule has 0 fully saturated rings. The van der Waals surface area contributed by atoms with Gasteiger partial charge in [0.2, 0.25) is 11.8 Å². The van der Waals surface area contributed by atoms with Crippen molar-refractivity contribution in [3.63, 3.8) is 0 Å². The van der Waals surface area contributed by atoms with E-state index in [-0.39, 0.29) is 25.0 Å². The summed E-state index contributed by atoms with van der Waals surface area (Å²) in [5, 5.41) is 0. The van der Waals surface area contributed by atoms with Crippen LogP contribution < -0.4 is 0 Å². The van der Waals surface area contributed by atoms with Crippen LogP contribution >= 0.6 is 11.3 Å². The number of benzene rings is 2. The van der Waals surface area contributed by atoms with Gasteiger partial charge in [0.15, 0.2) is 0 Å². The summed E-state index contributed by atoms with van der Waals surface area (Å²) in [6.07, 6.45) is 1.80. The molecule has 6 heteroatoms. The number of aryl methyl sites for hydroxylation is 1. The summed E-state index contributed by atoms with van der Waals surface area (Å²) in [6, 6.07) is 23.9. The second-order valence-electron chi connectivity index (χ2n) is 8.40. The lowest BCUT2D eigenvalue weighted by Crippen LogP contribution is -2.44. The second-order valence-corrected chi connectivity index (χ2v) is 9.77. The fraction of sp³-hybridized carbons (Fsp3) is 0.357. The Bertz CT molecular complexity index is 1020. The molecule has 0 saturated heterocycles. The number of carbonyl (C=O) groups is 2. The minimum Gasteiger partial charge on any atom is -0.367 e. The van der Waals surface area contributed by atoms with Crippen molar-refractivity contribution in [1.82, 2.24) is 9.80 Å². The van der Waals surface area contributed by atoms with Gasteiger partial charge in [0, 0.05) is 22.8 Å². The SMILES string of the molecule is CCCCN(CC(=O)N(Cc1ccccc1)Cc1ccc(C)s1)C(=O)COCc1ccccc1. The van der Waals surface area contributed by atoms with Crippen LogP contribution in [0.25, 0.3) is 0 Å². The Kier molecular flexibility index (Phi) is 10.3. The molecule has 0 saturated carbocycles. The Hall–Kier alpha value is -2.96. The third-order valence-corrected chi connectivity index (χ3v) is 6.49. The molecule has 2 amide bonds. The molecule has 180 valence electrons. The van der Waals surface area contributed by atoms with E-state index in [1.165, 1.54) is 4.88 Å². The predicted molar refractivity (Wildman–Crippen MR) is 137 cm³/mol. The Morgan fingerprint density at radius 2 is 1.50 bits per heavy atom. The monoisotopic (exact) mass is 478 g/mol. The van der Waals surface area contributed by atoms with Crippen LogP contribution in [0.5, 0.6) is 0 Å². The molecule has 5 nitrogen and oxygen atoms in total. The number of unbranched alkanes of at least 4 members (excludes halogenated alkanes) is 1. The normalized spacial score (nSPS) is 10.8. The van der Waals surface area contributed by atoms with Gasteiger partial charge in [-0.15, -0.1) is 11.3 Å². The maximum atomic E-state index is 13.4. The predicted octanol–water partition coefficient (Wildman–Crippen LogP) is 5.43. The van der Waals surface area contributed by atoms with Crippen molar-refractivity contribution in [2.45, 2.75) is 46.4 Å². The summed E-state index contributed by atoms with van der Waals surface area (Å²) < 4.78 is 5.66. The summed E-state index contributed by atoms with van der Waals surface area (Å²) >= 11 is 1.70. The Morgan fingerprint density at radius 1 is 0.824 bits per heavy atom. The molecular weight excluding hydrogens is 444 g/mol. The van der Waals surface area contributed by atoms with Crippen molar-refractivity contribution < 1.29 is 14.3 Å². The van der Waals surface area contributed by atoms with Crippen molar-refractivity contribution in [2.24, 2.45) is 0 Å². The number of hydrogen-bond donors (Lipinski definition) is 0.